The van der Waals surface area contributed by atoms with Crippen molar-refractivity contribution in [3.8, 4) is 5.82 Å². The molecule has 0 fully saturated rings. The Morgan fingerprint density at radius 3 is 2.74 bits per heavy atom. The molecule has 4 rings (SSSR count). The van der Waals surface area contributed by atoms with Gasteiger partial charge in [-0.3, -0.25) is 14.3 Å². The van der Waals surface area contributed by atoms with Gasteiger partial charge in [-0.25, -0.2) is 9.97 Å². The molecule has 0 aliphatic rings. The summed E-state index contributed by atoms with van der Waals surface area (Å²) in [5.74, 6) is 0.821. The van der Waals surface area contributed by atoms with Crippen LogP contribution in [0.4, 0.5) is 5.82 Å². The monoisotopic (exact) mass is 358 g/mol. The third-order valence-electron chi connectivity index (χ3n) is 4.36. The van der Waals surface area contributed by atoms with Crippen LogP contribution in [0.3, 0.4) is 0 Å². The zero-order chi connectivity index (χ0) is 18.8. The summed E-state index contributed by atoms with van der Waals surface area (Å²) in [6.45, 7) is 2.07. The maximum Gasteiger partial charge on any atom is 0.248 e. The van der Waals surface area contributed by atoms with E-state index in [1.807, 2.05) is 22.8 Å². The van der Waals surface area contributed by atoms with E-state index in [9.17, 15) is 4.79 Å². The highest BCUT2D eigenvalue weighted by atomic mass is 16.1. The van der Waals surface area contributed by atoms with Gasteiger partial charge in [-0.05, 0) is 30.7 Å². The number of nitrogens with zero attached hydrogens (tertiary/aromatic N) is 4. The van der Waals surface area contributed by atoms with Crippen molar-refractivity contribution in [1.82, 2.24) is 19.5 Å². The summed E-state index contributed by atoms with van der Waals surface area (Å²) in [7, 11) is 0. The number of amides is 1. The molecule has 0 spiro atoms. The number of primary amides is 1. The summed E-state index contributed by atoms with van der Waals surface area (Å²) < 4.78 is 1.82. The summed E-state index contributed by atoms with van der Waals surface area (Å²) in [5.41, 5.74) is 8.41. The SMILES string of the molecule is C[C@H](Nc1cncc(-n2cnc3cc(C(N)=O)ccc32)n1)c1ccccc1. The molecule has 4 aromatic rings. The van der Waals surface area contributed by atoms with Crippen molar-refractivity contribution in [3.05, 3.63) is 78.4 Å². The number of fused-ring (bicyclic) bond motifs is 1. The Balaban J connectivity index is 1.64. The second-order valence-electron chi connectivity index (χ2n) is 6.22. The Labute approximate surface area is 155 Å². The minimum Gasteiger partial charge on any atom is -0.366 e. The Morgan fingerprint density at radius 1 is 1.15 bits per heavy atom. The van der Waals surface area contributed by atoms with E-state index in [0.717, 1.165) is 11.1 Å². The molecular formula is C20H18N6O. The Hall–Kier alpha value is -3.74. The Bertz CT molecular complexity index is 1110. The highest BCUT2D eigenvalue weighted by Gasteiger charge is 2.11. The van der Waals surface area contributed by atoms with Crippen molar-refractivity contribution in [3.63, 3.8) is 0 Å². The summed E-state index contributed by atoms with van der Waals surface area (Å²) >= 11 is 0. The van der Waals surface area contributed by atoms with Crippen LogP contribution in [0.1, 0.15) is 28.9 Å². The van der Waals surface area contributed by atoms with E-state index in [1.165, 1.54) is 0 Å². The average molecular weight is 358 g/mol. The van der Waals surface area contributed by atoms with Gasteiger partial charge >= 0.3 is 0 Å². The van der Waals surface area contributed by atoms with Gasteiger partial charge in [0.05, 0.1) is 23.4 Å². The number of hydrogen-bond donors (Lipinski definition) is 2. The van der Waals surface area contributed by atoms with Crippen molar-refractivity contribution in [2.75, 3.05) is 5.32 Å². The number of nitrogens with two attached hydrogens (primary N) is 1. The molecule has 0 saturated carbocycles. The van der Waals surface area contributed by atoms with Crippen LogP contribution in [0.5, 0.6) is 0 Å². The second kappa shape index (κ2) is 6.87. The first kappa shape index (κ1) is 16.7. The summed E-state index contributed by atoms with van der Waals surface area (Å²) in [6.07, 6.45) is 5.01. The molecule has 1 amide bonds. The van der Waals surface area contributed by atoms with Gasteiger partial charge in [-0.15, -0.1) is 0 Å². The number of aromatic nitrogens is 4. The van der Waals surface area contributed by atoms with Crippen LogP contribution in [0.25, 0.3) is 16.9 Å². The molecule has 2 aromatic carbocycles. The number of imidazole rings is 1. The first-order valence-electron chi connectivity index (χ1n) is 8.52. The van der Waals surface area contributed by atoms with E-state index < -0.39 is 5.91 Å². The molecule has 3 N–H and O–H groups in total. The lowest BCUT2D eigenvalue weighted by atomic mass is 10.1. The zero-order valence-electron chi connectivity index (χ0n) is 14.7. The molecule has 0 saturated heterocycles. The van der Waals surface area contributed by atoms with Crippen molar-refractivity contribution in [2.45, 2.75) is 13.0 Å². The van der Waals surface area contributed by atoms with Gasteiger partial charge in [0, 0.05) is 11.6 Å². The molecule has 7 nitrogen and oxygen atoms in total. The van der Waals surface area contributed by atoms with Crippen molar-refractivity contribution in [2.24, 2.45) is 5.73 Å². The maximum atomic E-state index is 11.3. The van der Waals surface area contributed by atoms with Crippen LogP contribution in [-0.4, -0.2) is 25.4 Å². The number of anilines is 1. The van der Waals surface area contributed by atoms with Crippen molar-refractivity contribution < 1.29 is 4.79 Å². The predicted molar refractivity (Wildman–Crippen MR) is 104 cm³/mol. The van der Waals surface area contributed by atoms with Crippen molar-refractivity contribution >= 4 is 22.8 Å². The maximum absolute atomic E-state index is 11.3. The minimum atomic E-state index is -0.479. The molecule has 0 aliphatic carbocycles. The molecule has 27 heavy (non-hydrogen) atoms. The molecule has 1 atom stereocenters. The van der Waals surface area contributed by atoms with Crippen LogP contribution in [0.15, 0.2) is 67.3 Å². The number of benzene rings is 2. The smallest absolute Gasteiger partial charge is 0.248 e. The molecule has 134 valence electrons. The van der Waals surface area contributed by atoms with Gasteiger partial charge in [-0.1, -0.05) is 30.3 Å². The zero-order valence-corrected chi connectivity index (χ0v) is 14.7. The lowest BCUT2D eigenvalue weighted by Gasteiger charge is -2.15. The van der Waals surface area contributed by atoms with Crippen LogP contribution in [0, 0.1) is 0 Å². The third-order valence-corrected chi connectivity index (χ3v) is 4.36. The fourth-order valence-corrected chi connectivity index (χ4v) is 2.94. The number of carbonyl (C=O) groups excluding carboxylic acids is 1. The molecule has 0 unspecified atom stereocenters. The van der Waals surface area contributed by atoms with Crippen LogP contribution in [0.2, 0.25) is 0 Å². The van der Waals surface area contributed by atoms with Gasteiger partial charge in [0.1, 0.15) is 12.1 Å². The highest BCUT2D eigenvalue weighted by molar-refractivity contribution is 5.96. The van der Waals surface area contributed by atoms with E-state index in [-0.39, 0.29) is 6.04 Å². The Kier molecular flexibility index (Phi) is 4.25. The summed E-state index contributed by atoms with van der Waals surface area (Å²) in [5, 5.41) is 3.36. The number of hydrogen-bond acceptors (Lipinski definition) is 5. The summed E-state index contributed by atoms with van der Waals surface area (Å²) in [6, 6.07) is 15.4. The molecular weight excluding hydrogens is 340 g/mol. The van der Waals surface area contributed by atoms with Crippen LogP contribution >= 0.6 is 0 Å². The average Bonchev–Trinajstić information content (AvgIpc) is 3.12. The molecule has 7 heteroatoms. The van der Waals surface area contributed by atoms with E-state index in [4.69, 9.17) is 5.73 Å². The molecule has 0 aliphatic heterocycles. The Morgan fingerprint density at radius 2 is 1.96 bits per heavy atom. The van der Waals surface area contributed by atoms with E-state index >= 15 is 0 Å². The minimum absolute atomic E-state index is 0.0911. The lowest BCUT2D eigenvalue weighted by Crippen LogP contribution is -2.10. The van der Waals surface area contributed by atoms with Crippen molar-refractivity contribution in [1.29, 1.82) is 0 Å². The van der Waals surface area contributed by atoms with Crippen LogP contribution in [-0.2, 0) is 0 Å². The number of carbonyl (C=O) groups is 1. The van der Waals surface area contributed by atoms with Gasteiger partial charge in [0.25, 0.3) is 0 Å². The van der Waals surface area contributed by atoms with Gasteiger partial charge < -0.3 is 11.1 Å². The number of rotatable bonds is 5. The van der Waals surface area contributed by atoms with Gasteiger partial charge in [-0.2, -0.15) is 0 Å². The lowest BCUT2D eigenvalue weighted by molar-refractivity contribution is 0.100. The van der Waals surface area contributed by atoms with E-state index in [1.54, 1.807) is 36.9 Å². The molecule has 2 aromatic heterocycles. The standard InChI is InChI=1S/C20H18N6O/c1-13(14-5-3-2-4-6-14)24-18-10-22-11-19(25-18)26-12-23-16-9-15(20(21)27)7-8-17(16)26/h2-13H,1H3,(H2,21,27)(H,24,25)/t13-/m0/s1. The van der Waals surface area contributed by atoms with Gasteiger partial charge in [0.15, 0.2) is 5.82 Å². The topological polar surface area (TPSA) is 98.7 Å². The third kappa shape index (κ3) is 3.35. The quantitative estimate of drug-likeness (QED) is 0.571. The largest absolute Gasteiger partial charge is 0.366 e. The first-order valence-corrected chi connectivity index (χ1v) is 8.52. The second-order valence-corrected chi connectivity index (χ2v) is 6.22. The fraction of sp³-hybridized carbons (Fsp3) is 0.100. The summed E-state index contributed by atoms with van der Waals surface area (Å²) in [4.78, 5) is 24.6. The predicted octanol–water partition coefficient (Wildman–Crippen LogP) is 3.09. The van der Waals surface area contributed by atoms with Gasteiger partial charge in [0.2, 0.25) is 5.91 Å². The van der Waals surface area contributed by atoms with Crippen LogP contribution < -0.4 is 11.1 Å². The molecule has 0 radical (unpaired) electrons. The highest BCUT2D eigenvalue weighted by Crippen LogP contribution is 2.21. The van der Waals surface area contributed by atoms with E-state index in [2.05, 4.69) is 39.3 Å². The molecule has 0 bridgehead atoms. The molecule has 2 heterocycles. The normalized spacial score (nSPS) is 12.0. The fourth-order valence-electron chi connectivity index (χ4n) is 2.94. The first-order chi connectivity index (χ1) is 13.1. The number of nitrogens with one attached hydrogen (secondary N) is 1. The van der Waals surface area contributed by atoms with E-state index in [0.29, 0.717) is 22.7 Å².